The fraction of sp³-hybridized carbons (Fsp3) is 0.158. The third-order valence-electron chi connectivity index (χ3n) is 4.20. The highest BCUT2D eigenvalue weighted by Crippen LogP contribution is 2.34. The van der Waals surface area contributed by atoms with Crippen molar-refractivity contribution in [2.75, 3.05) is 0 Å². The van der Waals surface area contributed by atoms with Gasteiger partial charge in [-0.3, -0.25) is 4.79 Å². The third kappa shape index (κ3) is 2.93. The summed E-state index contributed by atoms with van der Waals surface area (Å²) in [7, 11) is 0. The fourth-order valence-corrected chi connectivity index (χ4v) is 3.00. The van der Waals surface area contributed by atoms with E-state index in [9.17, 15) is 9.18 Å². The number of hydrogen-bond acceptors (Lipinski definition) is 1. The van der Waals surface area contributed by atoms with Crippen molar-refractivity contribution in [3.8, 4) is 0 Å². The van der Waals surface area contributed by atoms with Crippen LogP contribution >= 0.6 is 0 Å². The largest absolute Gasteiger partial charge is 0.370 e. The van der Waals surface area contributed by atoms with Crippen LogP contribution in [0.2, 0.25) is 0 Å². The number of benzene rings is 2. The highest BCUT2D eigenvalue weighted by atomic mass is 19.1. The monoisotopic (exact) mass is 323 g/mol. The van der Waals surface area contributed by atoms with Crippen molar-refractivity contribution in [1.29, 1.82) is 0 Å². The number of nitrogens with two attached hydrogens (primary N) is 2. The van der Waals surface area contributed by atoms with Gasteiger partial charge in [0.1, 0.15) is 5.82 Å². The smallest absolute Gasteiger partial charge is 0.280 e. The van der Waals surface area contributed by atoms with Gasteiger partial charge in [0.25, 0.3) is 5.91 Å². The van der Waals surface area contributed by atoms with Gasteiger partial charge in [-0.1, -0.05) is 24.3 Å². The Morgan fingerprint density at radius 3 is 2.71 bits per heavy atom. The molecular weight excluding hydrogens is 305 g/mol. The molecule has 122 valence electrons. The van der Waals surface area contributed by atoms with E-state index in [2.05, 4.69) is 11.1 Å². The molecule has 0 unspecified atom stereocenters. The number of rotatable bonds is 2. The molecule has 0 saturated heterocycles. The molecule has 2 aromatic rings. The summed E-state index contributed by atoms with van der Waals surface area (Å²) in [6.07, 6.45) is 3.84. The van der Waals surface area contributed by atoms with Crippen LogP contribution in [-0.2, 0) is 6.42 Å². The van der Waals surface area contributed by atoms with Crippen LogP contribution in [0, 0.1) is 12.7 Å². The van der Waals surface area contributed by atoms with Crippen molar-refractivity contribution in [1.82, 2.24) is 0 Å². The van der Waals surface area contributed by atoms with E-state index in [1.807, 2.05) is 12.1 Å². The van der Waals surface area contributed by atoms with Gasteiger partial charge in [-0.25, -0.2) is 4.39 Å². The first-order valence-electron chi connectivity index (χ1n) is 7.70. The lowest BCUT2D eigenvalue weighted by Crippen LogP contribution is -2.24. The van der Waals surface area contributed by atoms with Crippen LogP contribution in [0.5, 0.6) is 0 Å². The third-order valence-corrected chi connectivity index (χ3v) is 4.20. The minimum absolute atomic E-state index is 0.242. The van der Waals surface area contributed by atoms with Crippen LogP contribution in [0.1, 0.15) is 39.0 Å². The zero-order valence-electron chi connectivity index (χ0n) is 13.3. The van der Waals surface area contributed by atoms with E-state index in [1.54, 1.807) is 25.1 Å². The Morgan fingerprint density at radius 1 is 1.17 bits per heavy atom. The lowest BCUT2D eigenvalue weighted by Gasteiger charge is -2.20. The topological polar surface area (TPSA) is 81.5 Å². The summed E-state index contributed by atoms with van der Waals surface area (Å²) in [6, 6.07) is 10.4. The molecule has 5 heteroatoms. The minimum Gasteiger partial charge on any atom is -0.370 e. The number of halogens is 1. The molecule has 24 heavy (non-hydrogen) atoms. The molecule has 0 heterocycles. The number of carbonyl (C=O) groups excluding carboxylic acids is 1. The van der Waals surface area contributed by atoms with Crippen LogP contribution < -0.4 is 11.5 Å². The van der Waals surface area contributed by atoms with E-state index in [4.69, 9.17) is 11.5 Å². The highest BCUT2D eigenvalue weighted by Gasteiger charge is 2.18. The van der Waals surface area contributed by atoms with E-state index < -0.39 is 5.91 Å². The second kappa shape index (κ2) is 6.28. The predicted molar refractivity (Wildman–Crippen MR) is 93.1 cm³/mol. The lowest BCUT2D eigenvalue weighted by molar-refractivity contribution is 0.100. The molecule has 1 amide bonds. The van der Waals surface area contributed by atoms with Gasteiger partial charge < -0.3 is 11.5 Å². The number of guanidine groups is 1. The van der Waals surface area contributed by atoms with Crippen molar-refractivity contribution in [3.63, 3.8) is 0 Å². The molecular formula is C19H18FN3O. The van der Waals surface area contributed by atoms with Crippen molar-refractivity contribution in [3.05, 3.63) is 76.1 Å². The average molecular weight is 323 g/mol. The Balaban J connectivity index is 2.11. The normalized spacial score (nSPS) is 13.0. The van der Waals surface area contributed by atoms with Crippen molar-refractivity contribution >= 4 is 17.4 Å². The molecule has 0 aliphatic heterocycles. The van der Waals surface area contributed by atoms with Crippen LogP contribution in [0.25, 0.3) is 5.57 Å². The summed E-state index contributed by atoms with van der Waals surface area (Å²) in [4.78, 5) is 15.7. The highest BCUT2D eigenvalue weighted by molar-refractivity contribution is 6.02. The average Bonchev–Trinajstić information content (AvgIpc) is 2.56. The summed E-state index contributed by atoms with van der Waals surface area (Å²) in [5, 5.41) is 0. The first-order valence-corrected chi connectivity index (χ1v) is 7.70. The number of aryl methyl sites for hydroxylation is 1. The maximum atomic E-state index is 13.9. The molecule has 1 aliphatic carbocycles. The van der Waals surface area contributed by atoms with Crippen molar-refractivity contribution < 1.29 is 9.18 Å². The number of carbonyl (C=O) groups is 1. The molecule has 4 nitrogen and oxygen atoms in total. The maximum absolute atomic E-state index is 13.9. The first-order chi connectivity index (χ1) is 11.5. The Bertz CT molecular complexity index is 880. The van der Waals surface area contributed by atoms with Gasteiger partial charge in [-0.15, -0.1) is 0 Å². The Morgan fingerprint density at radius 2 is 1.96 bits per heavy atom. The van der Waals surface area contributed by atoms with Gasteiger partial charge in [-0.2, -0.15) is 4.99 Å². The molecule has 0 aromatic heterocycles. The van der Waals surface area contributed by atoms with Gasteiger partial charge in [-0.05, 0) is 65.8 Å². The van der Waals surface area contributed by atoms with Crippen molar-refractivity contribution in [2.24, 2.45) is 16.5 Å². The number of amides is 1. The Kier molecular flexibility index (Phi) is 4.16. The van der Waals surface area contributed by atoms with E-state index in [0.717, 1.165) is 35.1 Å². The number of aliphatic imine (C=N–C) groups is 1. The zero-order chi connectivity index (χ0) is 17.3. The number of allylic oxidation sites excluding steroid dienone is 1. The minimum atomic E-state index is -0.487. The first kappa shape index (κ1) is 15.9. The van der Waals surface area contributed by atoms with E-state index in [-0.39, 0.29) is 11.8 Å². The Labute approximate surface area is 139 Å². The lowest BCUT2D eigenvalue weighted by atomic mass is 9.84. The second-order valence-corrected chi connectivity index (χ2v) is 5.78. The summed E-state index contributed by atoms with van der Waals surface area (Å²) >= 11 is 0. The van der Waals surface area contributed by atoms with Gasteiger partial charge >= 0.3 is 0 Å². The molecule has 2 aromatic carbocycles. The van der Waals surface area contributed by atoms with Crippen LogP contribution in [-0.4, -0.2) is 11.9 Å². The zero-order valence-corrected chi connectivity index (χ0v) is 13.3. The van der Waals surface area contributed by atoms with Crippen molar-refractivity contribution in [2.45, 2.75) is 19.8 Å². The SMILES string of the molecule is Cc1c(F)cccc1C1=CCCc2ccc(C(=O)N=C(N)N)cc21. The molecule has 4 N–H and O–H groups in total. The van der Waals surface area contributed by atoms with Gasteiger partial charge in [0.2, 0.25) is 0 Å². The van der Waals surface area contributed by atoms with E-state index in [1.165, 1.54) is 6.07 Å². The molecule has 0 radical (unpaired) electrons. The van der Waals surface area contributed by atoms with Crippen LogP contribution in [0.15, 0.2) is 47.5 Å². The maximum Gasteiger partial charge on any atom is 0.280 e. The summed E-state index contributed by atoms with van der Waals surface area (Å²) in [5.74, 6) is -0.999. The second-order valence-electron chi connectivity index (χ2n) is 5.78. The molecule has 0 spiro atoms. The van der Waals surface area contributed by atoms with E-state index in [0.29, 0.717) is 11.1 Å². The quantitative estimate of drug-likeness (QED) is 0.658. The summed E-state index contributed by atoms with van der Waals surface area (Å²) < 4.78 is 13.9. The number of hydrogen-bond donors (Lipinski definition) is 2. The van der Waals surface area contributed by atoms with Crippen LogP contribution in [0.3, 0.4) is 0 Å². The molecule has 1 aliphatic rings. The van der Waals surface area contributed by atoms with Gasteiger partial charge in [0.05, 0.1) is 0 Å². The number of fused-ring (bicyclic) bond motifs is 1. The van der Waals surface area contributed by atoms with Gasteiger partial charge in [0, 0.05) is 5.56 Å². The standard InChI is InChI=1S/C19H18FN3O/c1-11-14(5-3-7-17(11)20)15-6-2-4-12-8-9-13(10-16(12)15)18(24)23-19(21)22/h3,5-10H,2,4H2,1H3,(H4,21,22,23,24). The number of nitrogens with zero attached hydrogens (tertiary/aromatic N) is 1. The predicted octanol–water partition coefficient (Wildman–Crippen LogP) is 2.93. The Hall–Kier alpha value is -2.95. The fourth-order valence-electron chi connectivity index (χ4n) is 3.00. The molecule has 3 rings (SSSR count). The molecule has 0 saturated carbocycles. The van der Waals surface area contributed by atoms with E-state index >= 15 is 0 Å². The van der Waals surface area contributed by atoms with Gasteiger partial charge in [0.15, 0.2) is 5.96 Å². The molecule has 0 fully saturated rings. The summed E-state index contributed by atoms with van der Waals surface area (Å²) in [5.41, 5.74) is 15.4. The summed E-state index contributed by atoms with van der Waals surface area (Å²) in [6.45, 7) is 1.76. The van der Waals surface area contributed by atoms with Crippen LogP contribution in [0.4, 0.5) is 4.39 Å². The molecule has 0 atom stereocenters. The molecule has 0 bridgehead atoms.